The summed E-state index contributed by atoms with van der Waals surface area (Å²) in [7, 11) is 1.58. The minimum absolute atomic E-state index is 0.174. The lowest BCUT2D eigenvalue weighted by Gasteiger charge is -2.21. The number of ether oxygens (including phenoxy) is 1. The highest BCUT2D eigenvalue weighted by Gasteiger charge is 2.30. The van der Waals surface area contributed by atoms with Crippen molar-refractivity contribution in [2.45, 2.75) is 31.7 Å². The molecule has 184 valence electrons. The number of hydrogen-bond acceptors (Lipinski definition) is 6. The number of nitrogens with one attached hydrogen (secondary N) is 1. The van der Waals surface area contributed by atoms with Gasteiger partial charge in [0.2, 0.25) is 5.95 Å². The second-order valence-corrected chi connectivity index (χ2v) is 9.25. The number of pyridine rings is 1. The van der Waals surface area contributed by atoms with Crippen LogP contribution in [0.1, 0.15) is 29.7 Å². The summed E-state index contributed by atoms with van der Waals surface area (Å²) in [6.45, 7) is 2.54. The molecule has 0 radical (unpaired) electrons. The summed E-state index contributed by atoms with van der Waals surface area (Å²) in [6, 6.07) is 11.8. The third-order valence-electron chi connectivity index (χ3n) is 5.82. The zero-order valence-corrected chi connectivity index (χ0v) is 19.9. The lowest BCUT2D eigenvalue weighted by Crippen LogP contribution is -2.34. The number of alkyl halides is 3. The van der Waals surface area contributed by atoms with E-state index in [9.17, 15) is 17.6 Å². The molecule has 5 nitrogen and oxygen atoms in total. The van der Waals surface area contributed by atoms with E-state index in [4.69, 9.17) is 10.5 Å². The molecule has 0 saturated carbocycles. The Hall–Kier alpha value is -3.08. The molecular weight excluding hydrogens is 480 g/mol. The van der Waals surface area contributed by atoms with Gasteiger partial charge in [-0.2, -0.15) is 17.6 Å². The van der Waals surface area contributed by atoms with Crippen molar-refractivity contribution in [1.29, 1.82) is 0 Å². The summed E-state index contributed by atoms with van der Waals surface area (Å²) >= 11 is 1.43. The normalized spacial score (nSPS) is 13.7. The SMILES string of the molecule is COCc1nc(NCC(N)C(C)c2ccc(C(F)(F)F)cc2)sc1-c1ccc2cnc(F)cc2c1. The second kappa shape index (κ2) is 10.3. The predicted octanol–water partition coefficient (Wildman–Crippen LogP) is 6.21. The third kappa shape index (κ3) is 5.77. The molecule has 0 aliphatic rings. The van der Waals surface area contributed by atoms with E-state index in [2.05, 4.69) is 15.3 Å². The number of aromatic nitrogens is 2. The van der Waals surface area contributed by atoms with E-state index < -0.39 is 17.7 Å². The van der Waals surface area contributed by atoms with Gasteiger partial charge in [0.25, 0.3) is 0 Å². The van der Waals surface area contributed by atoms with Crippen LogP contribution in [-0.2, 0) is 17.5 Å². The Kier molecular flexibility index (Phi) is 7.34. The van der Waals surface area contributed by atoms with Crippen LogP contribution in [0.5, 0.6) is 0 Å². The maximum Gasteiger partial charge on any atom is 0.416 e. The fraction of sp³-hybridized carbons (Fsp3) is 0.280. The van der Waals surface area contributed by atoms with E-state index in [-0.39, 0.29) is 12.0 Å². The van der Waals surface area contributed by atoms with Crippen molar-refractivity contribution in [1.82, 2.24) is 9.97 Å². The Balaban J connectivity index is 1.49. The molecule has 0 aliphatic carbocycles. The Bertz CT molecular complexity index is 1310. The molecule has 2 aromatic carbocycles. The molecule has 0 saturated heterocycles. The third-order valence-corrected chi connectivity index (χ3v) is 6.93. The van der Waals surface area contributed by atoms with E-state index in [1.165, 1.54) is 35.7 Å². The number of anilines is 1. The minimum atomic E-state index is -4.37. The highest BCUT2D eigenvalue weighted by atomic mass is 32.1. The molecule has 0 amide bonds. The van der Waals surface area contributed by atoms with E-state index in [1.54, 1.807) is 7.11 Å². The van der Waals surface area contributed by atoms with Gasteiger partial charge >= 0.3 is 6.18 Å². The number of nitrogens with zero attached hydrogens (tertiary/aromatic N) is 2. The van der Waals surface area contributed by atoms with Gasteiger partial charge in [-0.25, -0.2) is 9.97 Å². The van der Waals surface area contributed by atoms with Gasteiger partial charge in [0, 0.05) is 37.3 Å². The largest absolute Gasteiger partial charge is 0.416 e. The molecule has 4 aromatic rings. The minimum Gasteiger partial charge on any atom is -0.378 e. The van der Waals surface area contributed by atoms with Gasteiger partial charge in [0.15, 0.2) is 5.13 Å². The first kappa shape index (κ1) is 25.0. The summed E-state index contributed by atoms with van der Waals surface area (Å²) in [6.07, 6.45) is -2.88. The molecule has 0 aliphatic heterocycles. The Morgan fingerprint density at radius 1 is 1.09 bits per heavy atom. The van der Waals surface area contributed by atoms with Crippen LogP contribution in [0.2, 0.25) is 0 Å². The number of benzene rings is 2. The van der Waals surface area contributed by atoms with E-state index in [1.807, 2.05) is 25.1 Å². The van der Waals surface area contributed by atoms with Crippen molar-refractivity contribution in [2.75, 3.05) is 19.0 Å². The molecule has 2 atom stereocenters. The van der Waals surface area contributed by atoms with Gasteiger partial charge < -0.3 is 15.8 Å². The van der Waals surface area contributed by atoms with Crippen LogP contribution in [0.3, 0.4) is 0 Å². The number of halogens is 4. The second-order valence-electron chi connectivity index (χ2n) is 8.25. The lowest BCUT2D eigenvalue weighted by molar-refractivity contribution is -0.137. The summed E-state index contributed by atoms with van der Waals surface area (Å²) in [4.78, 5) is 9.20. The summed E-state index contributed by atoms with van der Waals surface area (Å²) < 4.78 is 57.4. The first-order valence-electron chi connectivity index (χ1n) is 10.9. The van der Waals surface area contributed by atoms with Crippen molar-refractivity contribution >= 4 is 27.2 Å². The molecule has 0 spiro atoms. The average molecular weight is 505 g/mol. The Morgan fingerprint density at radius 2 is 1.83 bits per heavy atom. The van der Waals surface area contributed by atoms with Gasteiger partial charge in [-0.05, 0) is 40.6 Å². The first-order valence-corrected chi connectivity index (χ1v) is 11.7. The Labute approximate surface area is 204 Å². The number of rotatable bonds is 8. The van der Waals surface area contributed by atoms with Crippen molar-refractivity contribution < 1.29 is 22.3 Å². The van der Waals surface area contributed by atoms with Crippen LogP contribution in [-0.4, -0.2) is 29.7 Å². The van der Waals surface area contributed by atoms with Crippen LogP contribution in [0, 0.1) is 5.95 Å². The smallest absolute Gasteiger partial charge is 0.378 e. The summed E-state index contributed by atoms with van der Waals surface area (Å²) in [5, 5.41) is 5.44. The first-order chi connectivity index (χ1) is 16.7. The molecule has 2 heterocycles. The Morgan fingerprint density at radius 3 is 2.51 bits per heavy atom. The number of nitrogens with two attached hydrogens (primary N) is 1. The molecule has 2 aromatic heterocycles. The molecule has 10 heteroatoms. The quantitative estimate of drug-likeness (QED) is 0.221. The monoisotopic (exact) mass is 504 g/mol. The number of hydrogen-bond donors (Lipinski definition) is 2. The van der Waals surface area contributed by atoms with Crippen LogP contribution in [0.25, 0.3) is 21.2 Å². The van der Waals surface area contributed by atoms with Gasteiger partial charge in [-0.3, -0.25) is 0 Å². The van der Waals surface area contributed by atoms with Crippen molar-refractivity contribution in [3.63, 3.8) is 0 Å². The summed E-state index contributed by atoms with van der Waals surface area (Å²) in [5.41, 5.74) is 7.99. The molecule has 0 bridgehead atoms. The van der Waals surface area contributed by atoms with Gasteiger partial charge in [0.1, 0.15) is 0 Å². The molecule has 4 rings (SSSR count). The zero-order chi connectivity index (χ0) is 25.2. The molecule has 35 heavy (non-hydrogen) atoms. The van der Waals surface area contributed by atoms with Crippen LogP contribution in [0.15, 0.2) is 54.7 Å². The topological polar surface area (TPSA) is 73.1 Å². The van der Waals surface area contributed by atoms with Crippen molar-refractivity contribution in [2.24, 2.45) is 5.73 Å². The van der Waals surface area contributed by atoms with E-state index in [0.717, 1.165) is 44.6 Å². The van der Waals surface area contributed by atoms with E-state index >= 15 is 0 Å². The average Bonchev–Trinajstić information content (AvgIpc) is 3.24. The van der Waals surface area contributed by atoms with Crippen LogP contribution in [0.4, 0.5) is 22.7 Å². The molecule has 2 unspecified atom stereocenters. The van der Waals surface area contributed by atoms with Crippen molar-refractivity contribution in [3.8, 4) is 10.4 Å². The fourth-order valence-corrected chi connectivity index (χ4v) is 4.72. The van der Waals surface area contributed by atoms with Crippen molar-refractivity contribution in [3.05, 3.63) is 77.5 Å². The standard InChI is InChI=1S/C25H24F4N4OS/c1-14(15-5-7-19(8-6-15)25(27,28)29)20(30)12-32-24-33-21(13-34-2)23(35-24)16-3-4-17-11-31-22(26)10-18(17)9-16/h3-11,14,20H,12-13,30H2,1-2H3,(H,32,33). The highest BCUT2D eigenvalue weighted by Crippen LogP contribution is 2.35. The molecule has 3 N–H and O–H groups in total. The maximum absolute atomic E-state index is 13.6. The summed E-state index contributed by atoms with van der Waals surface area (Å²) in [5.74, 6) is -0.721. The lowest BCUT2D eigenvalue weighted by atomic mass is 9.93. The number of fused-ring (bicyclic) bond motifs is 1. The molecule has 0 fully saturated rings. The van der Waals surface area contributed by atoms with Gasteiger partial charge in [-0.15, -0.1) is 0 Å². The fourth-order valence-electron chi connectivity index (χ4n) is 3.75. The maximum atomic E-state index is 13.6. The van der Waals surface area contributed by atoms with Gasteiger partial charge in [0.05, 0.1) is 22.7 Å². The molecular formula is C25H24F4N4OS. The van der Waals surface area contributed by atoms with Crippen LogP contribution < -0.4 is 11.1 Å². The zero-order valence-electron chi connectivity index (χ0n) is 19.1. The highest BCUT2D eigenvalue weighted by molar-refractivity contribution is 7.19. The van der Waals surface area contributed by atoms with Crippen LogP contribution >= 0.6 is 11.3 Å². The predicted molar refractivity (Wildman–Crippen MR) is 130 cm³/mol. The number of methoxy groups -OCH3 is 1. The number of thiazole rings is 1. The van der Waals surface area contributed by atoms with Gasteiger partial charge in [-0.1, -0.05) is 42.5 Å². The van der Waals surface area contributed by atoms with E-state index in [0.29, 0.717) is 18.3 Å².